The van der Waals surface area contributed by atoms with Gasteiger partial charge in [-0.25, -0.2) is 18.2 Å². The number of aliphatic hydroxyl groups is 1. The van der Waals surface area contributed by atoms with E-state index in [0.717, 1.165) is 4.31 Å². The number of sulfonamides is 1. The van der Waals surface area contributed by atoms with Crippen LogP contribution in [0.2, 0.25) is 0 Å². The van der Waals surface area contributed by atoms with Crippen molar-refractivity contribution < 1.29 is 23.1 Å². The average molecular weight is 383 g/mol. The maximum absolute atomic E-state index is 12.8. The molecule has 1 amide bonds. The van der Waals surface area contributed by atoms with Crippen LogP contribution in [0.4, 0.5) is 4.79 Å². The number of carbonyl (C=O) groups excluding carboxylic acids is 1. The molecule has 0 aliphatic carbocycles. The van der Waals surface area contributed by atoms with Gasteiger partial charge in [0.1, 0.15) is 5.60 Å². The zero-order valence-electron chi connectivity index (χ0n) is 15.3. The van der Waals surface area contributed by atoms with Crippen molar-refractivity contribution in [2.75, 3.05) is 6.54 Å². The molecule has 0 radical (unpaired) electrons. The summed E-state index contributed by atoms with van der Waals surface area (Å²) in [6, 6.07) is 3.33. The molecule has 1 aromatic heterocycles. The van der Waals surface area contributed by atoms with E-state index >= 15 is 0 Å². The van der Waals surface area contributed by atoms with E-state index < -0.39 is 39.9 Å². The number of nitrogens with zero attached hydrogens (tertiary/aromatic N) is 2. The Balaban J connectivity index is 2.17. The molecule has 8 nitrogen and oxygen atoms in total. The van der Waals surface area contributed by atoms with Crippen LogP contribution in [0.3, 0.4) is 0 Å². The standard InChI is InChI=1S/C17H25N3O5S/c1-12-8-9-13(19-16(22)25-17(2,3)4)14(21)11-20(12)26(23,24)15-7-5-6-10-18-15/h5-10,12-14,21H,11H2,1-4H3,(H,19,22)/t12-,13?,14?/m1/s1. The number of aliphatic hydroxyl groups excluding tert-OH is 1. The number of hydrogen-bond acceptors (Lipinski definition) is 6. The Morgan fingerprint density at radius 1 is 1.35 bits per heavy atom. The third-order valence-corrected chi connectivity index (χ3v) is 5.60. The van der Waals surface area contributed by atoms with E-state index in [1.165, 1.54) is 12.3 Å². The molecule has 0 saturated carbocycles. The van der Waals surface area contributed by atoms with Gasteiger partial charge in [0, 0.05) is 18.8 Å². The highest BCUT2D eigenvalue weighted by Crippen LogP contribution is 2.21. The second-order valence-corrected chi connectivity index (χ2v) is 8.94. The molecule has 0 aromatic carbocycles. The van der Waals surface area contributed by atoms with Crippen LogP contribution in [0.5, 0.6) is 0 Å². The van der Waals surface area contributed by atoms with E-state index in [0.29, 0.717) is 0 Å². The first kappa shape index (κ1) is 20.3. The van der Waals surface area contributed by atoms with Gasteiger partial charge in [0.15, 0.2) is 5.03 Å². The van der Waals surface area contributed by atoms with Gasteiger partial charge in [-0.3, -0.25) is 0 Å². The average Bonchev–Trinajstić information content (AvgIpc) is 2.67. The minimum atomic E-state index is -3.88. The molecule has 0 fully saturated rings. The predicted octanol–water partition coefficient (Wildman–Crippen LogP) is 1.28. The molecule has 144 valence electrons. The molecule has 3 atom stereocenters. The molecule has 2 rings (SSSR count). The summed E-state index contributed by atoms with van der Waals surface area (Å²) in [5.74, 6) is 0. The number of nitrogens with one attached hydrogen (secondary N) is 1. The second kappa shape index (κ2) is 7.73. The Morgan fingerprint density at radius 3 is 2.62 bits per heavy atom. The van der Waals surface area contributed by atoms with E-state index in [9.17, 15) is 18.3 Å². The molecular formula is C17H25N3O5S. The molecule has 9 heteroatoms. The quantitative estimate of drug-likeness (QED) is 0.761. The largest absolute Gasteiger partial charge is 0.444 e. The van der Waals surface area contributed by atoms with Crippen molar-refractivity contribution in [3.63, 3.8) is 0 Å². The second-order valence-electron chi connectivity index (χ2n) is 7.11. The van der Waals surface area contributed by atoms with Crippen molar-refractivity contribution in [3.8, 4) is 0 Å². The SMILES string of the molecule is C[C@@H]1C=CC(NC(=O)OC(C)(C)C)C(O)CN1S(=O)(=O)c1ccccn1. The van der Waals surface area contributed by atoms with Gasteiger partial charge < -0.3 is 15.2 Å². The van der Waals surface area contributed by atoms with Gasteiger partial charge in [0.05, 0.1) is 12.1 Å². The van der Waals surface area contributed by atoms with Crippen LogP contribution in [0, 0.1) is 0 Å². The summed E-state index contributed by atoms with van der Waals surface area (Å²) in [4.78, 5) is 15.8. The lowest BCUT2D eigenvalue weighted by Crippen LogP contribution is -2.49. The van der Waals surface area contributed by atoms with Crippen molar-refractivity contribution >= 4 is 16.1 Å². The summed E-state index contributed by atoms with van der Waals surface area (Å²) >= 11 is 0. The number of amides is 1. The van der Waals surface area contributed by atoms with Crippen LogP contribution in [-0.4, -0.2) is 59.2 Å². The molecule has 0 saturated heterocycles. The summed E-state index contributed by atoms with van der Waals surface area (Å²) in [5, 5.41) is 12.9. The molecule has 2 unspecified atom stereocenters. The highest BCUT2D eigenvalue weighted by molar-refractivity contribution is 7.89. The monoisotopic (exact) mass is 383 g/mol. The van der Waals surface area contributed by atoms with Gasteiger partial charge >= 0.3 is 6.09 Å². The Morgan fingerprint density at radius 2 is 2.04 bits per heavy atom. The predicted molar refractivity (Wildman–Crippen MR) is 95.9 cm³/mol. The van der Waals surface area contributed by atoms with Gasteiger partial charge in [-0.1, -0.05) is 18.2 Å². The van der Waals surface area contributed by atoms with E-state index in [1.807, 2.05) is 0 Å². The number of pyridine rings is 1. The fourth-order valence-corrected chi connectivity index (χ4v) is 4.04. The molecule has 2 N–H and O–H groups in total. The van der Waals surface area contributed by atoms with Crippen molar-refractivity contribution in [3.05, 3.63) is 36.5 Å². The number of carbonyl (C=O) groups is 1. The summed E-state index contributed by atoms with van der Waals surface area (Å²) in [7, 11) is -3.88. The highest BCUT2D eigenvalue weighted by Gasteiger charge is 2.35. The van der Waals surface area contributed by atoms with Crippen molar-refractivity contribution in [1.29, 1.82) is 0 Å². The smallest absolute Gasteiger partial charge is 0.408 e. The van der Waals surface area contributed by atoms with Crippen molar-refractivity contribution in [2.24, 2.45) is 0 Å². The maximum Gasteiger partial charge on any atom is 0.408 e. The van der Waals surface area contributed by atoms with Gasteiger partial charge in [-0.05, 0) is 39.8 Å². The molecule has 1 aromatic rings. The summed E-state index contributed by atoms with van der Waals surface area (Å²) in [5.41, 5.74) is -0.675. The lowest BCUT2D eigenvalue weighted by Gasteiger charge is -2.28. The number of aromatic nitrogens is 1. The normalized spacial score (nSPS) is 24.7. The highest BCUT2D eigenvalue weighted by atomic mass is 32.2. The van der Waals surface area contributed by atoms with Gasteiger partial charge in [-0.2, -0.15) is 4.31 Å². The van der Waals surface area contributed by atoms with Crippen LogP contribution in [0.15, 0.2) is 41.6 Å². The molecule has 2 heterocycles. The van der Waals surface area contributed by atoms with Crippen LogP contribution >= 0.6 is 0 Å². The summed E-state index contributed by atoms with van der Waals surface area (Å²) in [6.07, 6.45) is 2.78. The zero-order valence-corrected chi connectivity index (χ0v) is 16.1. The maximum atomic E-state index is 12.8. The third kappa shape index (κ3) is 5.03. The van der Waals surface area contributed by atoms with Crippen LogP contribution in [0.1, 0.15) is 27.7 Å². The zero-order chi connectivity index (χ0) is 19.5. The van der Waals surface area contributed by atoms with Crippen molar-refractivity contribution in [1.82, 2.24) is 14.6 Å². The summed E-state index contributed by atoms with van der Waals surface area (Å²) < 4.78 is 32.0. The number of alkyl carbamates (subject to hydrolysis) is 1. The Hall–Kier alpha value is -1.97. The Kier molecular flexibility index (Phi) is 6.05. The summed E-state index contributed by atoms with van der Waals surface area (Å²) in [6.45, 7) is 6.70. The molecule has 26 heavy (non-hydrogen) atoms. The first-order valence-corrected chi connectivity index (χ1v) is 9.73. The van der Waals surface area contributed by atoms with Gasteiger partial charge in [-0.15, -0.1) is 0 Å². The van der Waals surface area contributed by atoms with E-state index in [4.69, 9.17) is 4.74 Å². The minimum absolute atomic E-state index is 0.0917. The number of β-amino-alcohol motifs (C(OH)–C–C–N with tert-alkyl or cyclic N) is 1. The van der Waals surface area contributed by atoms with Crippen LogP contribution in [0.25, 0.3) is 0 Å². The van der Waals surface area contributed by atoms with Crippen molar-refractivity contribution in [2.45, 2.75) is 56.5 Å². The van der Waals surface area contributed by atoms with Crippen LogP contribution in [-0.2, 0) is 14.8 Å². The third-order valence-electron chi connectivity index (χ3n) is 3.73. The first-order chi connectivity index (χ1) is 12.0. The number of rotatable bonds is 3. The number of hydrogen-bond donors (Lipinski definition) is 2. The fourth-order valence-electron chi connectivity index (χ4n) is 2.49. The Labute approximate surface area is 153 Å². The number of ether oxygens (including phenoxy) is 1. The lowest BCUT2D eigenvalue weighted by atomic mass is 10.1. The lowest BCUT2D eigenvalue weighted by molar-refractivity contribution is 0.0444. The van der Waals surface area contributed by atoms with E-state index in [1.54, 1.807) is 52.0 Å². The first-order valence-electron chi connectivity index (χ1n) is 8.29. The molecule has 0 spiro atoms. The molecule has 1 aliphatic rings. The Bertz CT molecular complexity index is 758. The van der Waals surface area contributed by atoms with E-state index in [2.05, 4.69) is 10.3 Å². The topological polar surface area (TPSA) is 109 Å². The molecule has 1 aliphatic heterocycles. The molecule has 0 bridgehead atoms. The van der Waals surface area contributed by atoms with Gasteiger partial charge in [0.25, 0.3) is 10.0 Å². The molecular weight excluding hydrogens is 358 g/mol. The van der Waals surface area contributed by atoms with Gasteiger partial charge in [0.2, 0.25) is 0 Å². The van der Waals surface area contributed by atoms with E-state index in [-0.39, 0.29) is 11.6 Å². The fraction of sp³-hybridized carbons (Fsp3) is 0.529. The van der Waals surface area contributed by atoms with Crippen LogP contribution < -0.4 is 5.32 Å². The minimum Gasteiger partial charge on any atom is -0.444 e.